The second kappa shape index (κ2) is 7.65. The molecule has 0 aliphatic rings. The van der Waals surface area contributed by atoms with E-state index in [0.29, 0.717) is 6.42 Å². The highest BCUT2D eigenvalue weighted by atomic mass is 32.2. The number of carbonyl (C=O) groups is 1. The van der Waals surface area contributed by atoms with E-state index in [1.165, 1.54) is 0 Å². The molecule has 1 N–H and O–H groups in total. The minimum Gasteiger partial charge on any atom is -0.542 e. The van der Waals surface area contributed by atoms with Crippen molar-refractivity contribution >= 4 is 16.1 Å². The number of hydrogen-bond acceptors (Lipinski definition) is 4. The number of carboxylic acids is 1. The fraction of sp³-hybridized carbons (Fsp3) is 0.889. The van der Waals surface area contributed by atoms with E-state index in [0.717, 1.165) is 17.4 Å². The molecule has 0 aromatic heterocycles. The Hall–Kier alpha value is -0.870. The predicted octanol–water partition coefficient (Wildman–Crippen LogP) is -0.341. The summed E-state index contributed by atoms with van der Waals surface area (Å²) < 4.78 is 61.4. The summed E-state index contributed by atoms with van der Waals surface area (Å²) in [5, 5.41) is 8.78. The van der Waals surface area contributed by atoms with Crippen molar-refractivity contribution in [2.24, 2.45) is 0 Å². The molecule has 6 nitrogen and oxygen atoms in total. The number of unbranched alkanes of at least 4 members (excludes halogenated alkanes) is 1. The summed E-state index contributed by atoms with van der Waals surface area (Å²) in [6.45, 7) is 0.926. The molecule has 19 heavy (non-hydrogen) atoms. The SMILES string of the molecule is C[N+](C)(C)CCCCS(=O)(=O)O.O=C([O-])C(F)(F)F. The van der Waals surface area contributed by atoms with Crippen molar-refractivity contribution in [3.05, 3.63) is 0 Å². The molecule has 0 rings (SSSR count). The number of aliphatic carboxylic acids is 1. The van der Waals surface area contributed by atoms with Gasteiger partial charge in [0.05, 0.1) is 33.4 Å². The van der Waals surface area contributed by atoms with Gasteiger partial charge in [0, 0.05) is 0 Å². The van der Waals surface area contributed by atoms with Crippen molar-refractivity contribution in [3.8, 4) is 0 Å². The number of quaternary nitrogens is 1. The van der Waals surface area contributed by atoms with Gasteiger partial charge in [-0.05, 0) is 12.8 Å². The van der Waals surface area contributed by atoms with Gasteiger partial charge in [0.2, 0.25) is 0 Å². The summed E-state index contributed by atoms with van der Waals surface area (Å²) in [5.41, 5.74) is 0. The monoisotopic (exact) mass is 309 g/mol. The third-order valence-corrected chi connectivity index (χ3v) is 2.52. The van der Waals surface area contributed by atoms with E-state index in [1.807, 2.05) is 21.1 Å². The lowest BCUT2D eigenvalue weighted by Gasteiger charge is -2.23. The lowest BCUT2D eigenvalue weighted by atomic mass is 10.3. The maximum Gasteiger partial charge on any atom is 0.430 e. The minimum atomic E-state index is -5.19. The van der Waals surface area contributed by atoms with Crippen LogP contribution >= 0.6 is 0 Å². The zero-order chi connectivity index (χ0) is 15.9. The van der Waals surface area contributed by atoms with Crippen molar-refractivity contribution in [1.29, 1.82) is 0 Å². The lowest BCUT2D eigenvalue weighted by molar-refractivity contribution is -0.870. The number of rotatable bonds is 5. The molecule has 0 aromatic carbocycles. The van der Waals surface area contributed by atoms with Crippen LogP contribution in [0.2, 0.25) is 0 Å². The van der Waals surface area contributed by atoms with Crippen molar-refractivity contribution in [2.75, 3.05) is 33.4 Å². The van der Waals surface area contributed by atoms with E-state index < -0.39 is 22.3 Å². The van der Waals surface area contributed by atoms with Crippen LogP contribution in [0.1, 0.15) is 12.8 Å². The molecule has 0 fully saturated rings. The average molecular weight is 309 g/mol. The van der Waals surface area contributed by atoms with Crippen LogP contribution in [-0.2, 0) is 14.9 Å². The van der Waals surface area contributed by atoms with E-state index in [-0.39, 0.29) is 5.75 Å². The summed E-state index contributed by atoms with van der Waals surface area (Å²) in [7, 11) is 2.40. The Balaban J connectivity index is 0. The maximum atomic E-state index is 10.5. The molecule has 0 saturated carbocycles. The van der Waals surface area contributed by atoms with Gasteiger partial charge in [-0.3, -0.25) is 4.55 Å². The van der Waals surface area contributed by atoms with E-state index in [9.17, 15) is 21.6 Å². The van der Waals surface area contributed by atoms with Crippen molar-refractivity contribution in [3.63, 3.8) is 0 Å². The third-order valence-electron chi connectivity index (χ3n) is 1.71. The van der Waals surface area contributed by atoms with Crippen LogP contribution in [-0.4, -0.2) is 63.0 Å². The smallest absolute Gasteiger partial charge is 0.430 e. The molecule has 0 unspecified atom stereocenters. The van der Waals surface area contributed by atoms with Crippen LogP contribution in [0, 0.1) is 0 Å². The highest BCUT2D eigenvalue weighted by Crippen LogP contribution is 2.11. The van der Waals surface area contributed by atoms with Gasteiger partial charge in [0.15, 0.2) is 0 Å². The van der Waals surface area contributed by atoms with Gasteiger partial charge in [-0.2, -0.15) is 21.6 Å². The molecule has 0 bridgehead atoms. The largest absolute Gasteiger partial charge is 0.542 e. The van der Waals surface area contributed by atoms with E-state index >= 15 is 0 Å². The fourth-order valence-electron chi connectivity index (χ4n) is 0.871. The highest BCUT2D eigenvalue weighted by Gasteiger charge is 2.28. The van der Waals surface area contributed by atoms with Gasteiger partial charge in [-0.1, -0.05) is 0 Å². The first-order valence-electron chi connectivity index (χ1n) is 5.19. The summed E-state index contributed by atoms with van der Waals surface area (Å²) in [6.07, 6.45) is -3.84. The molecule has 0 amide bonds. The van der Waals surface area contributed by atoms with Gasteiger partial charge >= 0.3 is 6.18 Å². The van der Waals surface area contributed by atoms with Crippen LogP contribution in [0.3, 0.4) is 0 Å². The highest BCUT2D eigenvalue weighted by molar-refractivity contribution is 7.85. The second-order valence-corrected chi connectivity index (χ2v) is 6.36. The summed E-state index contributed by atoms with van der Waals surface area (Å²) in [4.78, 5) is 8.78. The van der Waals surface area contributed by atoms with Crippen LogP contribution < -0.4 is 5.11 Å². The number of halogens is 3. The quantitative estimate of drug-likeness (QED) is 0.426. The first kappa shape index (κ1) is 20.4. The Morgan fingerprint density at radius 3 is 1.79 bits per heavy atom. The first-order valence-corrected chi connectivity index (χ1v) is 6.80. The van der Waals surface area contributed by atoms with Crippen LogP contribution in [0.4, 0.5) is 13.2 Å². The van der Waals surface area contributed by atoms with Crippen LogP contribution in [0.25, 0.3) is 0 Å². The van der Waals surface area contributed by atoms with Gasteiger partial charge < -0.3 is 14.4 Å². The molecule has 116 valence electrons. The first-order chi connectivity index (χ1) is 8.15. The molecule has 0 aliphatic heterocycles. The lowest BCUT2D eigenvalue weighted by Crippen LogP contribution is -2.37. The fourth-order valence-corrected chi connectivity index (χ4v) is 1.44. The Labute approximate surface area is 110 Å². The molecular formula is C9H18F3NO5S. The van der Waals surface area contributed by atoms with Gasteiger partial charge in [0.25, 0.3) is 10.1 Å². The molecule has 0 saturated heterocycles. The van der Waals surface area contributed by atoms with Crippen molar-refractivity contribution in [1.82, 2.24) is 0 Å². The number of carbonyl (C=O) groups excluding carboxylic acids is 1. The number of alkyl halides is 3. The normalized spacial score (nSPS) is 12.6. The summed E-state index contributed by atoms with van der Waals surface area (Å²) in [6, 6.07) is 0. The molecule has 0 heterocycles. The Bertz CT molecular complexity index is 372. The molecule has 0 spiro atoms. The van der Waals surface area contributed by atoms with Gasteiger partial charge in [-0.15, -0.1) is 0 Å². The molecule has 0 aromatic rings. The Morgan fingerprint density at radius 1 is 1.21 bits per heavy atom. The molecule has 0 atom stereocenters. The van der Waals surface area contributed by atoms with E-state index in [1.54, 1.807) is 0 Å². The maximum absolute atomic E-state index is 10.5. The zero-order valence-corrected chi connectivity index (χ0v) is 11.7. The number of carboxylic acid groups (broad SMARTS) is 1. The second-order valence-electron chi connectivity index (χ2n) is 4.79. The number of nitrogens with zero attached hydrogens (tertiary/aromatic N) is 1. The van der Waals surface area contributed by atoms with Gasteiger partial charge in [0.1, 0.15) is 5.97 Å². The number of hydrogen-bond donors (Lipinski definition) is 1. The standard InChI is InChI=1S/C7H17NO3S.C2HF3O2/c1-8(2,3)6-4-5-7-12(9,10)11;3-2(4,5)1(6)7/h4-7H2,1-3H3;(H,6,7). The molecule has 0 aliphatic carbocycles. The van der Waals surface area contributed by atoms with E-state index in [2.05, 4.69) is 0 Å². The Morgan fingerprint density at radius 2 is 1.58 bits per heavy atom. The predicted molar refractivity (Wildman–Crippen MR) is 59.6 cm³/mol. The third kappa shape index (κ3) is 19.6. The van der Waals surface area contributed by atoms with Gasteiger partial charge in [-0.25, -0.2) is 0 Å². The summed E-state index contributed by atoms with van der Waals surface area (Å²) >= 11 is 0. The minimum absolute atomic E-state index is 0.118. The molecule has 10 heteroatoms. The Kier molecular flexibility index (Phi) is 8.24. The van der Waals surface area contributed by atoms with E-state index in [4.69, 9.17) is 14.5 Å². The zero-order valence-electron chi connectivity index (χ0n) is 10.9. The van der Waals surface area contributed by atoms with Crippen molar-refractivity contribution in [2.45, 2.75) is 19.0 Å². The molecular weight excluding hydrogens is 291 g/mol. The average Bonchev–Trinajstić information content (AvgIpc) is 2.09. The van der Waals surface area contributed by atoms with Crippen LogP contribution in [0.5, 0.6) is 0 Å². The summed E-state index contributed by atoms with van der Waals surface area (Å²) in [5.74, 6) is -3.12. The van der Waals surface area contributed by atoms with Crippen molar-refractivity contribution < 1.29 is 40.5 Å². The van der Waals surface area contributed by atoms with Crippen LogP contribution in [0.15, 0.2) is 0 Å². The topological polar surface area (TPSA) is 94.5 Å². The molecule has 0 radical (unpaired) electrons.